The number of ether oxygens (including phenoxy) is 2. The van der Waals surface area contributed by atoms with Crippen molar-refractivity contribution in [3.05, 3.63) is 12.2 Å². The van der Waals surface area contributed by atoms with E-state index in [0.29, 0.717) is 25.6 Å². The predicted molar refractivity (Wildman–Crippen MR) is 68.1 cm³/mol. The molecule has 1 aliphatic heterocycles. The largest absolute Gasteiger partial charge is 0.469 e. The van der Waals surface area contributed by atoms with Gasteiger partial charge in [0.05, 0.1) is 13.7 Å². The zero-order valence-corrected chi connectivity index (χ0v) is 11.0. The summed E-state index contributed by atoms with van der Waals surface area (Å²) in [6, 6.07) is 0. The van der Waals surface area contributed by atoms with Crippen LogP contribution >= 0.6 is 0 Å². The molecule has 0 N–H and O–H groups in total. The van der Waals surface area contributed by atoms with E-state index in [2.05, 4.69) is 16.9 Å². The van der Waals surface area contributed by atoms with Crippen LogP contribution in [0.1, 0.15) is 32.1 Å². The summed E-state index contributed by atoms with van der Waals surface area (Å²) in [5.41, 5.74) is 0. The Bertz CT molecular complexity index is 286. The van der Waals surface area contributed by atoms with E-state index in [1.165, 1.54) is 7.11 Å². The Labute approximate surface area is 108 Å². The van der Waals surface area contributed by atoms with Gasteiger partial charge in [-0.15, -0.1) is 0 Å². The van der Waals surface area contributed by atoms with Crippen LogP contribution in [0.5, 0.6) is 0 Å². The first kappa shape index (κ1) is 14.9. The molecule has 0 saturated carbocycles. The molecule has 102 valence electrons. The van der Waals surface area contributed by atoms with Gasteiger partial charge < -0.3 is 14.3 Å². The highest BCUT2D eigenvalue weighted by Crippen LogP contribution is 2.23. The Hall–Kier alpha value is -1.16. The molecule has 0 aromatic carbocycles. The molecule has 4 heteroatoms. The van der Waals surface area contributed by atoms with Crippen molar-refractivity contribution in [2.75, 3.05) is 20.3 Å². The first-order chi connectivity index (χ1) is 8.77. The number of esters is 1. The fourth-order valence-electron chi connectivity index (χ4n) is 2.09. The number of carbonyl (C=O) groups is 2. The van der Waals surface area contributed by atoms with Crippen molar-refractivity contribution in [1.29, 1.82) is 0 Å². The molecule has 1 rings (SSSR count). The molecule has 1 heterocycles. The van der Waals surface area contributed by atoms with Gasteiger partial charge in [0.25, 0.3) is 0 Å². The topological polar surface area (TPSA) is 52.6 Å². The van der Waals surface area contributed by atoms with Crippen LogP contribution in [-0.2, 0) is 19.1 Å². The molecule has 0 amide bonds. The minimum Gasteiger partial charge on any atom is -0.469 e. The number of rotatable bonds is 7. The number of methoxy groups -OCH3 is 1. The van der Waals surface area contributed by atoms with Crippen molar-refractivity contribution in [3.63, 3.8) is 0 Å². The summed E-state index contributed by atoms with van der Waals surface area (Å²) in [6.07, 6.45) is 9.07. The van der Waals surface area contributed by atoms with Crippen molar-refractivity contribution < 1.29 is 19.1 Å². The highest BCUT2D eigenvalue weighted by molar-refractivity contribution is 5.69. The number of allylic oxidation sites excluding steroid dienone is 2. The van der Waals surface area contributed by atoms with Crippen LogP contribution in [0.2, 0.25) is 0 Å². The second-order valence-electron chi connectivity index (χ2n) is 4.60. The van der Waals surface area contributed by atoms with E-state index in [1.54, 1.807) is 0 Å². The van der Waals surface area contributed by atoms with E-state index in [1.807, 2.05) is 0 Å². The number of carbonyl (C=O) groups excluding carboxylic acids is 2. The zero-order valence-electron chi connectivity index (χ0n) is 11.0. The molecule has 0 aromatic rings. The van der Waals surface area contributed by atoms with Crippen LogP contribution < -0.4 is 0 Å². The Morgan fingerprint density at radius 1 is 1.44 bits per heavy atom. The molecule has 0 aliphatic carbocycles. The predicted octanol–water partition coefficient (Wildman–Crippen LogP) is 2.13. The minimum absolute atomic E-state index is 0.137. The van der Waals surface area contributed by atoms with Crippen molar-refractivity contribution >= 4 is 12.3 Å². The highest BCUT2D eigenvalue weighted by atomic mass is 16.5. The number of hydrogen-bond acceptors (Lipinski definition) is 4. The molecule has 2 atom stereocenters. The van der Waals surface area contributed by atoms with E-state index >= 15 is 0 Å². The van der Waals surface area contributed by atoms with Crippen molar-refractivity contribution in [1.82, 2.24) is 0 Å². The van der Waals surface area contributed by atoms with Gasteiger partial charge in [0.15, 0.2) is 0 Å². The van der Waals surface area contributed by atoms with E-state index in [0.717, 1.165) is 32.0 Å². The second-order valence-corrected chi connectivity index (χ2v) is 4.60. The summed E-state index contributed by atoms with van der Waals surface area (Å²) in [5.74, 6) is 0.289. The fraction of sp³-hybridized carbons (Fsp3) is 0.714. The number of hydrogen-bond donors (Lipinski definition) is 0. The quantitative estimate of drug-likeness (QED) is 0.302. The molecule has 4 nitrogen and oxygen atoms in total. The van der Waals surface area contributed by atoms with Gasteiger partial charge in [-0.25, -0.2) is 0 Å². The number of aldehydes is 1. The molecule has 1 fully saturated rings. The summed E-state index contributed by atoms with van der Waals surface area (Å²) < 4.78 is 9.95. The lowest BCUT2D eigenvalue weighted by Gasteiger charge is -2.26. The molecule has 0 aromatic heterocycles. The maximum Gasteiger partial charge on any atom is 0.305 e. The Morgan fingerprint density at radius 3 is 3.00 bits per heavy atom. The number of unbranched alkanes of at least 4 members (excludes halogenated alkanes) is 1. The summed E-state index contributed by atoms with van der Waals surface area (Å²) in [5, 5.41) is 0. The maximum atomic E-state index is 10.9. The molecular weight excluding hydrogens is 232 g/mol. The monoisotopic (exact) mass is 254 g/mol. The lowest BCUT2D eigenvalue weighted by atomic mass is 9.87. The van der Waals surface area contributed by atoms with Gasteiger partial charge in [-0.1, -0.05) is 12.2 Å². The Balaban J connectivity index is 2.14. The summed E-state index contributed by atoms with van der Waals surface area (Å²) >= 11 is 0. The molecule has 0 radical (unpaired) electrons. The first-order valence-electron chi connectivity index (χ1n) is 6.52. The van der Waals surface area contributed by atoms with Gasteiger partial charge in [-0.3, -0.25) is 4.79 Å². The molecule has 1 saturated heterocycles. The van der Waals surface area contributed by atoms with Gasteiger partial charge in [0.1, 0.15) is 6.29 Å². The van der Waals surface area contributed by atoms with Crippen molar-refractivity contribution in [3.8, 4) is 0 Å². The van der Waals surface area contributed by atoms with E-state index in [9.17, 15) is 9.59 Å². The maximum absolute atomic E-state index is 10.9. The zero-order chi connectivity index (χ0) is 13.2. The smallest absolute Gasteiger partial charge is 0.305 e. The van der Waals surface area contributed by atoms with Gasteiger partial charge >= 0.3 is 5.97 Å². The normalized spacial score (nSPS) is 24.1. The van der Waals surface area contributed by atoms with Gasteiger partial charge in [0.2, 0.25) is 0 Å². The third-order valence-electron chi connectivity index (χ3n) is 3.29. The molecule has 0 spiro atoms. The van der Waals surface area contributed by atoms with Gasteiger partial charge in [0, 0.05) is 18.9 Å². The van der Waals surface area contributed by atoms with Crippen LogP contribution in [0.3, 0.4) is 0 Å². The second kappa shape index (κ2) is 8.86. The summed E-state index contributed by atoms with van der Waals surface area (Å²) in [6.45, 7) is 1.37. The Kier molecular flexibility index (Phi) is 7.34. The van der Waals surface area contributed by atoms with Gasteiger partial charge in [-0.05, 0) is 31.6 Å². The van der Waals surface area contributed by atoms with Crippen LogP contribution in [0.15, 0.2) is 12.2 Å². The third-order valence-corrected chi connectivity index (χ3v) is 3.29. The van der Waals surface area contributed by atoms with Crippen LogP contribution in [0.4, 0.5) is 0 Å². The molecular formula is C14H22O4. The van der Waals surface area contributed by atoms with Crippen LogP contribution in [0.25, 0.3) is 0 Å². The van der Waals surface area contributed by atoms with Crippen LogP contribution in [0, 0.1) is 11.8 Å². The first-order valence-corrected chi connectivity index (χ1v) is 6.52. The molecule has 1 aliphatic rings. The van der Waals surface area contributed by atoms with Crippen LogP contribution in [-0.4, -0.2) is 32.6 Å². The molecule has 18 heavy (non-hydrogen) atoms. The van der Waals surface area contributed by atoms with E-state index in [-0.39, 0.29) is 11.9 Å². The summed E-state index contributed by atoms with van der Waals surface area (Å²) in [7, 11) is 1.40. The molecule has 2 unspecified atom stereocenters. The third kappa shape index (κ3) is 5.45. The standard InChI is InChI=1S/C14H22O4/c1-17-14(16)7-5-3-2-4-6-13-11-18-9-8-12(13)10-15/h2,4,10,12-13H,3,5-9,11H2,1H3/b4-2-. The van der Waals surface area contributed by atoms with Crippen molar-refractivity contribution in [2.45, 2.75) is 32.1 Å². The van der Waals surface area contributed by atoms with E-state index in [4.69, 9.17) is 4.74 Å². The highest BCUT2D eigenvalue weighted by Gasteiger charge is 2.23. The summed E-state index contributed by atoms with van der Waals surface area (Å²) in [4.78, 5) is 21.8. The lowest BCUT2D eigenvalue weighted by Crippen LogP contribution is -2.28. The fourth-order valence-corrected chi connectivity index (χ4v) is 2.09. The van der Waals surface area contributed by atoms with Gasteiger partial charge in [-0.2, -0.15) is 0 Å². The average Bonchev–Trinajstić information content (AvgIpc) is 2.42. The average molecular weight is 254 g/mol. The SMILES string of the molecule is COC(=O)CCC/C=C\CC1COCCC1C=O. The van der Waals surface area contributed by atoms with E-state index < -0.39 is 0 Å². The Morgan fingerprint density at radius 2 is 2.28 bits per heavy atom. The lowest BCUT2D eigenvalue weighted by molar-refractivity contribution is -0.140. The van der Waals surface area contributed by atoms with Crippen molar-refractivity contribution in [2.24, 2.45) is 11.8 Å². The molecule has 0 bridgehead atoms. The minimum atomic E-state index is -0.162.